The van der Waals surface area contributed by atoms with Crippen LogP contribution in [0.25, 0.3) is 0 Å². The highest BCUT2D eigenvalue weighted by Gasteiger charge is 2.58. The van der Waals surface area contributed by atoms with Crippen molar-refractivity contribution in [2.75, 3.05) is 26.4 Å². The molecule has 3 aliphatic rings. The van der Waals surface area contributed by atoms with Gasteiger partial charge in [0.15, 0.2) is 12.1 Å². The average molecular weight is 609 g/mol. The summed E-state index contributed by atoms with van der Waals surface area (Å²) >= 11 is 0. The highest BCUT2D eigenvalue weighted by atomic mass is 16.8. The second kappa shape index (κ2) is 17.9. The van der Waals surface area contributed by atoms with Crippen molar-refractivity contribution in [1.29, 1.82) is 0 Å². The van der Waals surface area contributed by atoms with Gasteiger partial charge in [-0.2, -0.15) is 0 Å². The fraction of sp³-hybridized carbons (Fsp3) is 1.00. The Labute approximate surface area is 249 Å². The minimum absolute atomic E-state index is 0.166. The fourth-order valence-electron chi connectivity index (χ4n) is 5.82. The predicted molar refractivity (Wildman–Crippen MR) is 151 cm³/mol. The molecule has 7 N–H and O–H groups in total. The Morgan fingerprint density at radius 3 is 1.71 bits per heavy atom. The molecule has 12 nitrogen and oxygen atoms in total. The van der Waals surface area contributed by atoms with Crippen LogP contribution in [-0.4, -0.2) is 123 Å². The summed E-state index contributed by atoms with van der Waals surface area (Å²) in [6, 6.07) is 0. The summed E-state index contributed by atoms with van der Waals surface area (Å²) in [7, 11) is 0. The highest BCUT2D eigenvalue weighted by molar-refractivity contribution is 4.98. The van der Waals surface area contributed by atoms with Crippen molar-refractivity contribution in [3.05, 3.63) is 0 Å². The topological polar surface area (TPSA) is 191 Å². The number of ether oxygens (including phenoxy) is 5. The summed E-state index contributed by atoms with van der Waals surface area (Å²) in [5.41, 5.74) is 0. The van der Waals surface area contributed by atoms with Gasteiger partial charge in [-0.15, -0.1) is 0 Å². The summed E-state index contributed by atoms with van der Waals surface area (Å²) in [6.45, 7) is 0.896. The Morgan fingerprint density at radius 2 is 1.24 bits per heavy atom. The molecular formula is C30H56O12. The van der Waals surface area contributed by atoms with Crippen LogP contribution in [0.1, 0.15) is 103 Å². The summed E-state index contributed by atoms with van der Waals surface area (Å²) in [5.74, 6) is -2.99. The Hall–Kier alpha value is -0.480. The van der Waals surface area contributed by atoms with Gasteiger partial charge >= 0.3 is 0 Å². The van der Waals surface area contributed by atoms with Crippen LogP contribution < -0.4 is 0 Å². The van der Waals surface area contributed by atoms with E-state index in [1.54, 1.807) is 0 Å². The molecule has 0 amide bonds. The molecule has 0 aromatic rings. The second-order valence-electron chi connectivity index (χ2n) is 12.2. The summed E-state index contributed by atoms with van der Waals surface area (Å²) in [6.07, 6.45) is 6.12. The summed E-state index contributed by atoms with van der Waals surface area (Å²) < 4.78 is 28.1. The normalized spacial score (nSPS) is 38.3. The lowest BCUT2D eigenvalue weighted by molar-refractivity contribution is -0.385. The van der Waals surface area contributed by atoms with Crippen LogP contribution in [-0.2, 0) is 23.7 Å². The van der Waals surface area contributed by atoms with Crippen LogP contribution >= 0.6 is 0 Å². The summed E-state index contributed by atoms with van der Waals surface area (Å²) in [5, 5.41) is 71.1. The lowest BCUT2D eigenvalue weighted by atomic mass is 9.98. The van der Waals surface area contributed by atoms with E-state index in [1.807, 2.05) is 0 Å². The van der Waals surface area contributed by atoms with E-state index in [9.17, 15) is 35.7 Å². The van der Waals surface area contributed by atoms with Gasteiger partial charge in [0.05, 0.1) is 13.2 Å². The molecular weight excluding hydrogens is 552 g/mol. The summed E-state index contributed by atoms with van der Waals surface area (Å²) in [4.78, 5) is 0. The van der Waals surface area contributed by atoms with E-state index in [1.165, 1.54) is 70.6 Å². The number of hydrogen-bond acceptors (Lipinski definition) is 12. The number of rotatable bonds is 22. The van der Waals surface area contributed by atoms with Crippen molar-refractivity contribution in [2.24, 2.45) is 0 Å². The zero-order valence-corrected chi connectivity index (χ0v) is 25.2. The molecule has 0 radical (unpaired) electrons. The van der Waals surface area contributed by atoms with Crippen molar-refractivity contribution >= 4 is 0 Å². The number of aliphatic hydroxyl groups is 7. The molecule has 12 heteroatoms. The maximum atomic E-state index is 10.5. The Kier molecular flexibility index (Phi) is 15.3. The number of epoxide rings is 1. The van der Waals surface area contributed by atoms with Gasteiger partial charge < -0.3 is 59.4 Å². The molecule has 3 aliphatic heterocycles. The molecule has 1 unspecified atom stereocenters. The fourth-order valence-corrected chi connectivity index (χ4v) is 5.82. The zero-order valence-electron chi connectivity index (χ0n) is 25.2. The van der Waals surface area contributed by atoms with Gasteiger partial charge in [-0.1, -0.05) is 90.4 Å². The van der Waals surface area contributed by atoms with Crippen LogP contribution in [0.3, 0.4) is 0 Å². The molecule has 0 aromatic heterocycles. The molecule has 0 spiro atoms. The number of aliphatic hydroxyl groups excluding tert-OH is 7. The predicted octanol–water partition coefficient (Wildman–Crippen LogP) is 1.23. The van der Waals surface area contributed by atoms with Crippen molar-refractivity contribution in [3.8, 4) is 0 Å². The molecule has 0 bridgehead atoms. The Morgan fingerprint density at radius 1 is 0.690 bits per heavy atom. The standard InChI is InChI=1S/C30H56O12/c1-2-3-4-5-6-7-8-9-10-11-12-13-14-15-16-29(20-39-29)38-18-22-23(33)25(35)26(36)28(40-22)42-30(19-32)27(37)24(34)21(17-31)41-30/h21-28,31-37H,2-20H2,1H3/t21-,22-,23-,24-,25+,26-,27+,28-,29?,30+/m1/s1. The van der Waals surface area contributed by atoms with Crippen molar-refractivity contribution in [1.82, 2.24) is 0 Å². The van der Waals surface area contributed by atoms with Crippen LogP contribution in [0.4, 0.5) is 0 Å². The van der Waals surface area contributed by atoms with Crippen molar-refractivity contribution < 1.29 is 59.4 Å². The SMILES string of the molecule is CCCCCCCCCCCCCCCCC1(OC[C@H]2O[C@H](O[C@]3(CO)O[C@H](CO)[C@@H](O)[C@@H]3O)[C@H](O)[C@@H](O)[C@@H]2O)CO1. The van der Waals surface area contributed by atoms with Gasteiger partial charge in [-0.25, -0.2) is 0 Å². The lowest BCUT2D eigenvalue weighted by Crippen LogP contribution is -2.63. The van der Waals surface area contributed by atoms with E-state index in [0.717, 1.165) is 19.3 Å². The molecule has 42 heavy (non-hydrogen) atoms. The Bertz CT molecular complexity index is 739. The largest absolute Gasteiger partial charge is 0.394 e. The third-order valence-electron chi connectivity index (χ3n) is 8.78. The first kappa shape index (κ1) is 36.0. The van der Waals surface area contributed by atoms with Crippen LogP contribution in [0.15, 0.2) is 0 Å². The highest BCUT2D eigenvalue weighted by Crippen LogP contribution is 2.38. The van der Waals surface area contributed by atoms with E-state index in [4.69, 9.17) is 23.7 Å². The first-order chi connectivity index (χ1) is 20.2. The van der Waals surface area contributed by atoms with Gasteiger partial charge in [0.25, 0.3) is 0 Å². The van der Waals surface area contributed by atoms with Crippen LogP contribution in [0, 0.1) is 0 Å². The quantitative estimate of drug-likeness (QED) is 0.0688. The third-order valence-corrected chi connectivity index (χ3v) is 8.78. The lowest BCUT2D eigenvalue weighted by Gasteiger charge is -2.43. The molecule has 3 rings (SSSR count). The molecule has 0 saturated carbocycles. The van der Waals surface area contributed by atoms with Gasteiger partial charge in [0.1, 0.15) is 55.9 Å². The molecule has 3 saturated heterocycles. The van der Waals surface area contributed by atoms with E-state index in [-0.39, 0.29) is 6.61 Å². The Balaban J connectivity index is 1.33. The van der Waals surface area contributed by atoms with Crippen molar-refractivity contribution in [2.45, 2.75) is 164 Å². The molecule has 248 valence electrons. The van der Waals surface area contributed by atoms with Gasteiger partial charge in [-0.3, -0.25) is 0 Å². The van der Waals surface area contributed by atoms with E-state index in [0.29, 0.717) is 13.0 Å². The number of hydrogen-bond donors (Lipinski definition) is 7. The third kappa shape index (κ3) is 10.0. The molecule has 0 aliphatic carbocycles. The number of unbranched alkanes of at least 4 members (excludes halogenated alkanes) is 13. The van der Waals surface area contributed by atoms with E-state index < -0.39 is 73.8 Å². The van der Waals surface area contributed by atoms with Crippen LogP contribution in [0.5, 0.6) is 0 Å². The first-order valence-electron chi connectivity index (χ1n) is 16.1. The van der Waals surface area contributed by atoms with E-state index >= 15 is 0 Å². The molecule has 0 aromatic carbocycles. The maximum Gasteiger partial charge on any atom is 0.224 e. The van der Waals surface area contributed by atoms with Gasteiger partial charge in [0, 0.05) is 6.42 Å². The van der Waals surface area contributed by atoms with E-state index in [2.05, 4.69) is 6.92 Å². The second-order valence-corrected chi connectivity index (χ2v) is 12.2. The molecule has 10 atom stereocenters. The van der Waals surface area contributed by atoms with Crippen LogP contribution in [0.2, 0.25) is 0 Å². The molecule has 3 fully saturated rings. The minimum atomic E-state index is -2.22. The minimum Gasteiger partial charge on any atom is -0.394 e. The zero-order chi connectivity index (χ0) is 30.6. The smallest absolute Gasteiger partial charge is 0.224 e. The average Bonchev–Trinajstić information content (AvgIpc) is 3.73. The van der Waals surface area contributed by atoms with Crippen molar-refractivity contribution in [3.63, 3.8) is 0 Å². The molecule has 3 heterocycles. The maximum absolute atomic E-state index is 10.5. The first-order valence-corrected chi connectivity index (χ1v) is 16.1. The van der Waals surface area contributed by atoms with Gasteiger partial charge in [0.2, 0.25) is 5.79 Å². The monoisotopic (exact) mass is 608 g/mol. The van der Waals surface area contributed by atoms with Gasteiger partial charge in [-0.05, 0) is 6.42 Å².